The SMILES string of the molecule is CSc1ccc(NC(=O)c2ccc(-c3nc(C)cs3)cc2)cn1. The number of nitrogens with one attached hydrogen (secondary N) is 1. The van der Waals surface area contributed by atoms with E-state index in [1.165, 1.54) is 0 Å². The largest absolute Gasteiger partial charge is 0.321 e. The molecule has 0 atom stereocenters. The topological polar surface area (TPSA) is 54.9 Å². The highest BCUT2D eigenvalue weighted by atomic mass is 32.2. The molecule has 0 aliphatic rings. The molecule has 1 aromatic carbocycles. The van der Waals surface area contributed by atoms with E-state index in [1.54, 1.807) is 29.3 Å². The van der Waals surface area contributed by atoms with Gasteiger partial charge >= 0.3 is 0 Å². The van der Waals surface area contributed by atoms with Crippen LogP contribution in [0.25, 0.3) is 10.6 Å². The number of aryl methyl sites for hydroxylation is 1. The predicted octanol–water partition coefficient (Wildman–Crippen LogP) is 4.49. The lowest BCUT2D eigenvalue weighted by Crippen LogP contribution is -2.11. The maximum absolute atomic E-state index is 12.3. The summed E-state index contributed by atoms with van der Waals surface area (Å²) in [5.74, 6) is -0.148. The fraction of sp³-hybridized carbons (Fsp3) is 0.118. The van der Waals surface area contributed by atoms with Crippen molar-refractivity contribution in [2.24, 2.45) is 0 Å². The summed E-state index contributed by atoms with van der Waals surface area (Å²) in [5, 5.41) is 6.75. The molecule has 0 radical (unpaired) electrons. The Hall–Kier alpha value is -2.18. The monoisotopic (exact) mass is 341 g/mol. The van der Waals surface area contributed by atoms with Gasteiger partial charge < -0.3 is 5.32 Å². The molecule has 0 fully saturated rings. The van der Waals surface area contributed by atoms with Crippen molar-refractivity contribution in [3.8, 4) is 10.6 Å². The van der Waals surface area contributed by atoms with Crippen molar-refractivity contribution in [2.45, 2.75) is 11.9 Å². The van der Waals surface area contributed by atoms with Crippen molar-refractivity contribution in [1.82, 2.24) is 9.97 Å². The number of anilines is 1. The van der Waals surface area contributed by atoms with Crippen LogP contribution in [0.3, 0.4) is 0 Å². The molecule has 3 aromatic rings. The Bertz CT molecular complexity index is 811. The summed E-state index contributed by atoms with van der Waals surface area (Å²) in [5.41, 5.74) is 3.32. The summed E-state index contributed by atoms with van der Waals surface area (Å²) >= 11 is 3.17. The summed E-state index contributed by atoms with van der Waals surface area (Å²) in [6.45, 7) is 1.97. The van der Waals surface area contributed by atoms with Gasteiger partial charge in [-0.3, -0.25) is 4.79 Å². The van der Waals surface area contributed by atoms with E-state index in [-0.39, 0.29) is 5.91 Å². The molecule has 2 heterocycles. The average molecular weight is 341 g/mol. The van der Waals surface area contributed by atoms with E-state index in [1.807, 2.05) is 55.0 Å². The molecule has 0 saturated heterocycles. The van der Waals surface area contributed by atoms with Crippen LogP contribution < -0.4 is 5.32 Å². The van der Waals surface area contributed by atoms with Crippen LogP contribution in [-0.2, 0) is 0 Å². The highest BCUT2D eigenvalue weighted by molar-refractivity contribution is 7.98. The second-order valence-electron chi connectivity index (χ2n) is 4.91. The van der Waals surface area contributed by atoms with E-state index in [0.29, 0.717) is 11.3 Å². The first-order valence-corrected chi connectivity index (χ1v) is 9.10. The molecule has 0 bridgehead atoms. The number of pyridine rings is 1. The number of thioether (sulfide) groups is 1. The van der Waals surface area contributed by atoms with Crippen LogP contribution in [0.5, 0.6) is 0 Å². The fourth-order valence-corrected chi connectivity index (χ4v) is 3.19. The maximum atomic E-state index is 12.3. The zero-order valence-corrected chi connectivity index (χ0v) is 14.4. The lowest BCUT2D eigenvalue weighted by atomic mass is 10.1. The second-order valence-corrected chi connectivity index (χ2v) is 6.60. The first kappa shape index (κ1) is 15.7. The molecule has 0 aliphatic carbocycles. The summed E-state index contributed by atoms with van der Waals surface area (Å²) in [6.07, 6.45) is 3.63. The van der Waals surface area contributed by atoms with E-state index in [0.717, 1.165) is 21.3 Å². The molecular weight excluding hydrogens is 326 g/mol. The number of nitrogens with zero attached hydrogens (tertiary/aromatic N) is 2. The average Bonchev–Trinajstić information content (AvgIpc) is 3.02. The molecule has 0 aliphatic heterocycles. The third kappa shape index (κ3) is 3.78. The summed E-state index contributed by atoms with van der Waals surface area (Å²) in [6, 6.07) is 11.2. The van der Waals surface area contributed by atoms with Crippen molar-refractivity contribution in [2.75, 3.05) is 11.6 Å². The second kappa shape index (κ2) is 6.93. The first-order chi connectivity index (χ1) is 11.2. The Morgan fingerprint density at radius 1 is 1.17 bits per heavy atom. The van der Waals surface area contributed by atoms with Gasteiger partial charge in [-0.25, -0.2) is 9.97 Å². The van der Waals surface area contributed by atoms with Gasteiger partial charge in [0.05, 0.1) is 16.9 Å². The Morgan fingerprint density at radius 3 is 2.52 bits per heavy atom. The van der Waals surface area contributed by atoms with Gasteiger partial charge in [-0.05, 0) is 37.4 Å². The number of aromatic nitrogens is 2. The van der Waals surface area contributed by atoms with Gasteiger partial charge in [-0.2, -0.15) is 0 Å². The Labute approximate surface area is 143 Å². The summed E-state index contributed by atoms with van der Waals surface area (Å²) < 4.78 is 0. The van der Waals surface area contributed by atoms with E-state index >= 15 is 0 Å². The zero-order valence-electron chi connectivity index (χ0n) is 12.7. The zero-order chi connectivity index (χ0) is 16.2. The lowest BCUT2D eigenvalue weighted by molar-refractivity contribution is 0.102. The Balaban J connectivity index is 1.72. The molecule has 1 amide bonds. The highest BCUT2D eigenvalue weighted by Gasteiger charge is 2.08. The maximum Gasteiger partial charge on any atom is 0.255 e. The van der Waals surface area contributed by atoms with Gasteiger partial charge in [-0.1, -0.05) is 12.1 Å². The molecule has 23 heavy (non-hydrogen) atoms. The van der Waals surface area contributed by atoms with E-state index in [2.05, 4.69) is 15.3 Å². The van der Waals surface area contributed by atoms with Crippen LogP contribution in [0.1, 0.15) is 16.1 Å². The van der Waals surface area contributed by atoms with Gasteiger partial charge in [0.2, 0.25) is 0 Å². The number of hydrogen-bond acceptors (Lipinski definition) is 5. The molecule has 4 nitrogen and oxygen atoms in total. The Morgan fingerprint density at radius 2 is 1.96 bits per heavy atom. The van der Waals surface area contributed by atoms with Crippen LogP contribution >= 0.6 is 23.1 Å². The van der Waals surface area contributed by atoms with Gasteiger partial charge in [0.25, 0.3) is 5.91 Å². The van der Waals surface area contributed by atoms with Gasteiger partial charge in [0.15, 0.2) is 0 Å². The molecule has 1 N–H and O–H groups in total. The van der Waals surface area contributed by atoms with E-state index < -0.39 is 0 Å². The van der Waals surface area contributed by atoms with Gasteiger partial charge in [0.1, 0.15) is 5.01 Å². The van der Waals surface area contributed by atoms with Crippen molar-refractivity contribution in [3.05, 3.63) is 59.2 Å². The first-order valence-electron chi connectivity index (χ1n) is 6.99. The summed E-state index contributed by atoms with van der Waals surface area (Å²) in [4.78, 5) is 21.0. The molecule has 6 heteroatoms. The van der Waals surface area contributed by atoms with Crippen molar-refractivity contribution < 1.29 is 4.79 Å². The van der Waals surface area contributed by atoms with Gasteiger partial charge in [-0.15, -0.1) is 23.1 Å². The van der Waals surface area contributed by atoms with Crippen LogP contribution in [0.15, 0.2) is 53.0 Å². The smallest absolute Gasteiger partial charge is 0.255 e. The standard InChI is InChI=1S/C17H15N3OS2/c1-11-10-23-17(19-11)13-5-3-12(4-6-13)16(21)20-14-7-8-15(22-2)18-9-14/h3-10H,1-2H3,(H,20,21). The number of rotatable bonds is 4. The fourth-order valence-electron chi connectivity index (χ4n) is 2.03. The third-order valence-corrected chi connectivity index (χ3v) is 4.89. The third-order valence-electron chi connectivity index (χ3n) is 3.22. The Kier molecular flexibility index (Phi) is 4.73. The molecule has 0 saturated carbocycles. The number of amides is 1. The predicted molar refractivity (Wildman–Crippen MR) is 96.3 cm³/mol. The highest BCUT2D eigenvalue weighted by Crippen LogP contribution is 2.24. The number of thiazole rings is 1. The van der Waals surface area contributed by atoms with E-state index in [9.17, 15) is 4.79 Å². The number of carbonyl (C=O) groups is 1. The van der Waals surface area contributed by atoms with Crippen molar-refractivity contribution in [1.29, 1.82) is 0 Å². The van der Waals surface area contributed by atoms with Crippen LogP contribution in [0.2, 0.25) is 0 Å². The van der Waals surface area contributed by atoms with Crippen molar-refractivity contribution >= 4 is 34.7 Å². The molecule has 116 valence electrons. The minimum atomic E-state index is -0.148. The lowest BCUT2D eigenvalue weighted by Gasteiger charge is -2.06. The van der Waals surface area contributed by atoms with E-state index in [4.69, 9.17) is 0 Å². The molecule has 2 aromatic heterocycles. The molecule has 0 unspecified atom stereocenters. The molecule has 3 rings (SSSR count). The van der Waals surface area contributed by atoms with Crippen molar-refractivity contribution in [3.63, 3.8) is 0 Å². The number of hydrogen-bond donors (Lipinski definition) is 1. The minimum Gasteiger partial charge on any atom is -0.321 e. The quantitative estimate of drug-likeness (QED) is 0.711. The number of carbonyl (C=O) groups excluding carboxylic acids is 1. The van der Waals surface area contributed by atoms with Crippen LogP contribution in [0, 0.1) is 6.92 Å². The van der Waals surface area contributed by atoms with Crippen LogP contribution in [0.4, 0.5) is 5.69 Å². The summed E-state index contributed by atoms with van der Waals surface area (Å²) in [7, 11) is 0. The normalized spacial score (nSPS) is 10.5. The van der Waals surface area contributed by atoms with Crippen LogP contribution in [-0.4, -0.2) is 22.1 Å². The molecule has 0 spiro atoms. The number of benzene rings is 1. The minimum absolute atomic E-state index is 0.148. The van der Waals surface area contributed by atoms with Gasteiger partial charge in [0, 0.05) is 22.2 Å². The molecular formula is C17H15N3OS2.